The van der Waals surface area contributed by atoms with Gasteiger partial charge in [-0.25, -0.2) is 0 Å². The summed E-state index contributed by atoms with van der Waals surface area (Å²) in [6.45, 7) is 1.06. The summed E-state index contributed by atoms with van der Waals surface area (Å²) < 4.78 is 10.6. The molecular formula is C18H16N2O4. The van der Waals surface area contributed by atoms with Crippen LogP contribution >= 0.6 is 0 Å². The first-order valence-electron chi connectivity index (χ1n) is 7.77. The third-order valence-electron chi connectivity index (χ3n) is 4.21. The molecule has 0 aromatic heterocycles. The molecule has 2 heterocycles. The Hall–Kier alpha value is -3.02. The second-order valence-corrected chi connectivity index (χ2v) is 5.67. The molecule has 2 aromatic rings. The topological polar surface area (TPSA) is 67.9 Å². The van der Waals surface area contributed by atoms with E-state index in [1.807, 2.05) is 30.3 Å². The molecule has 0 saturated carbocycles. The van der Waals surface area contributed by atoms with Crippen molar-refractivity contribution in [2.24, 2.45) is 0 Å². The van der Waals surface area contributed by atoms with Gasteiger partial charge in [-0.2, -0.15) is 0 Å². The van der Waals surface area contributed by atoms with Gasteiger partial charge in [0.15, 0.2) is 11.5 Å². The van der Waals surface area contributed by atoms with Crippen molar-refractivity contribution in [3.8, 4) is 11.5 Å². The molecule has 2 aromatic carbocycles. The maximum absolute atomic E-state index is 13.0. The van der Waals surface area contributed by atoms with Crippen molar-refractivity contribution in [2.45, 2.75) is 6.04 Å². The van der Waals surface area contributed by atoms with E-state index >= 15 is 0 Å². The van der Waals surface area contributed by atoms with Crippen molar-refractivity contribution in [1.29, 1.82) is 0 Å². The van der Waals surface area contributed by atoms with Crippen molar-refractivity contribution in [3.63, 3.8) is 0 Å². The van der Waals surface area contributed by atoms with E-state index in [9.17, 15) is 9.59 Å². The van der Waals surface area contributed by atoms with Crippen LogP contribution in [0.25, 0.3) is 0 Å². The van der Waals surface area contributed by atoms with Crippen LogP contribution < -0.4 is 14.8 Å². The molecule has 1 saturated heterocycles. The van der Waals surface area contributed by atoms with Gasteiger partial charge in [0, 0.05) is 18.7 Å². The summed E-state index contributed by atoms with van der Waals surface area (Å²) in [5.74, 6) is 0.819. The van der Waals surface area contributed by atoms with Crippen LogP contribution in [0.1, 0.15) is 22.0 Å². The fraction of sp³-hybridized carbons (Fsp3) is 0.222. The molecule has 2 aliphatic heterocycles. The first-order valence-corrected chi connectivity index (χ1v) is 7.77. The van der Waals surface area contributed by atoms with Crippen LogP contribution in [0.3, 0.4) is 0 Å². The smallest absolute Gasteiger partial charge is 0.255 e. The number of hydrogen-bond donors (Lipinski definition) is 1. The molecule has 6 nitrogen and oxygen atoms in total. The van der Waals surface area contributed by atoms with E-state index in [0.717, 1.165) is 5.56 Å². The summed E-state index contributed by atoms with van der Waals surface area (Å²) in [5.41, 5.74) is 1.28. The van der Waals surface area contributed by atoms with Crippen molar-refractivity contribution < 1.29 is 19.1 Å². The van der Waals surface area contributed by atoms with E-state index in [-0.39, 0.29) is 18.6 Å². The van der Waals surface area contributed by atoms with Gasteiger partial charge in [0.05, 0.1) is 0 Å². The van der Waals surface area contributed by atoms with E-state index in [4.69, 9.17) is 9.47 Å². The summed E-state index contributed by atoms with van der Waals surface area (Å²) in [5, 5.41) is 2.83. The highest BCUT2D eigenvalue weighted by Gasteiger charge is 2.35. The zero-order valence-corrected chi connectivity index (χ0v) is 12.9. The van der Waals surface area contributed by atoms with Gasteiger partial charge in [0.1, 0.15) is 6.04 Å². The fourth-order valence-electron chi connectivity index (χ4n) is 3.05. The van der Waals surface area contributed by atoms with Crippen LogP contribution in [-0.2, 0) is 4.79 Å². The Kier molecular flexibility index (Phi) is 3.57. The minimum Gasteiger partial charge on any atom is -0.454 e. The van der Waals surface area contributed by atoms with Crippen molar-refractivity contribution in [3.05, 3.63) is 59.7 Å². The lowest BCUT2D eigenvalue weighted by Gasteiger charge is -2.35. The van der Waals surface area contributed by atoms with Crippen molar-refractivity contribution in [2.75, 3.05) is 19.9 Å². The number of nitrogens with one attached hydrogen (secondary N) is 1. The van der Waals surface area contributed by atoms with E-state index in [2.05, 4.69) is 5.32 Å². The molecule has 1 atom stereocenters. The maximum Gasteiger partial charge on any atom is 0.255 e. The number of nitrogens with zero attached hydrogens (tertiary/aromatic N) is 1. The molecule has 2 amide bonds. The van der Waals surface area contributed by atoms with E-state index in [0.29, 0.717) is 30.2 Å². The normalized spacial score (nSPS) is 19.1. The highest BCUT2D eigenvalue weighted by Crippen LogP contribution is 2.34. The van der Waals surface area contributed by atoms with Crippen molar-refractivity contribution >= 4 is 11.8 Å². The summed E-state index contributed by atoms with van der Waals surface area (Å²) in [4.78, 5) is 27.0. The Labute approximate surface area is 139 Å². The number of piperazine rings is 1. The average molecular weight is 324 g/mol. The first kappa shape index (κ1) is 14.6. The summed E-state index contributed by atoms with van der Waals surface area (Å²) in [6.07, 6.45) is 0. The zero-order valence-electron chi connectivity index (χ0n) is 12.9. The van der Waals surface area contributed by atoms with E-state index < -0.39 is 6.04 Å². The number of rotatable bonds is 2. The van der Waals surface area contributed by atoms with Crippen LogP contribution in [0.5, 0.6) is 11.5 Å². The SMILES string of the molecule is O=C1NCCN(C(=O)c2ccc3c(c2)OCO3)C1c1ccccc1. The monoisotopic (exact) mass is 324 g/mol. The number of carbonyl (C=O) groups excluding carboxylic acids is 2. The van der Waals surface area contributed by atoms with Gasteiger partial charge in [-0.1, -0.05) is 30.3 Å². The molecule has 0 radical (unpaired) electrons. The molecule has 6 heteroatoms. The lowest BCUT2D eigenvalue weighted by atomic mass is 10.0. The molecule has 1 N–H and O–H groups in total. The van der Waals surface area contributed by atoms with Gasteiger partial charge in [-0.3, -0.25) is 9.59 Å². The summed E-state index contributed by atoms with van der Waals surface area (Å²) in [7, 11) is 0. The predicted octanol–water partition coefficient (Wildman–Crippen LogP) is 1.73. The van der Waals surface area contributed by atoms with Crippen LogP contribution in [0.15, 0.2) is 48.5 Å². The molecular weight excluding hydrogens is 308 g/mol. The minimum atomic E-state index is -0.627. The van der Waals surface area contributed by atoms with Gasteiger partial charge in [0.25, 0.3) is 5.91 Å². The lowest BCUT2D eigenvalue weighted by Crippen LogP contribution is -2.52. The van der Waals surface area contributed by atoms with E-state index in [1.54, 1.807) is 23.1 Å². The molecule has 2 aliphatic rings. The highest BCUT2D eigenvalue weighted by atomic mass is 16.7. The van der Waals surface area contributed by atoms with Crippen molar-refractivity contribution in [1.82, 2.24) is 10.2 Å². The second-order valence-electron chi connectivity index (χ2n) is 5.67. The standard InChI is InChI=1S/C18H16N2O4/c21-17-16(12-4-2-1-3-5-12)20(9-8-19-17)18(22)13-6-7-14-15(10-13)24-11-23-14/h1-7,10,16H,8-9,11H2,(H,19,21). The third-order valence-corrected chi connectivity index (χ3v) is 4.21. The zero-order chi connectivity index (χ0) is 16.5. The van der Waals surface area contributed by atoms with Crippen LogP contribution in [0.2, 0.25) is 0 Å². The van der Waals surface area contributed by atoms with Gasteiger partial charge in [-0.05, 0) is 23.8 Å². The minimum absolute atomic E-state index is 0.158. The highest BCUT2D eigenvalue weighted by molar-refractivity contribution is 5.99. The molecule has 0 aliphatic carbocycles. The molecule has 1 unspecified atom stereocenters. The number of fused-ring (bicyclic) bond motifs is 1. The Morgan fingerprint density at radius 2 is 1.88 bits per heavy atom. The second kappa shape index (κ2) is 5.88. The Bertz CT molecular complexity index is 791. The largest absolute Gasteiger partial charge is 0.454 e. The third kappa shape index (κ3) is 2.46. The summed E-state index contributed by atoms with van der Waals surface area (Å²) >= 11 is 0. The first-order chi connectivity index (χ1) is 11.7. The average Bonchev–Trinajstić information content (AvgIpc) is 3.09. The Morgan fingerprint density at radius 3 is 2.71 bits per heavy atom. The molecule has 24 heavy (non-hydrogen) atoms. The van der Waals surface area contributed by atoms with E-state index in [1.165, 1.54) is 0 Å². The maximum atomic E-state index is 13.0. The number of amides is 2. The van der Waals surface area contributed by atoms with Crippen LogP contribution in [0, 0.1) is 0 Å². The molecule has 0 bridgehead atoms. The van der Waals surface area contributed by atoms with Gasteiger partial charge in [-0.15, -0.1) is 0 Å². The lowest BCUT2D eigenvalue weighted by molar-refractivity contribution is -0.128. The predicted molar refractivity (Wildman–Crippen MR) is 85.8 cm³/mol. The Morgan fingerprint density at radius 1 is 1.08 bits per heavy atom. The van der Waals surface area contributed by atoms with Gasteiger partial charge in [0.2, 0.25) is 12.7 Å². The quantitative estimate of drug-likeness (QED) is 0.913. The van der Waals surface area contributed by atoms with Crippen LogP contribution in [-0.4, -0.2) is 36.6 Å². The Balaban J connectivity index is 1.67. The summed E-state index contributed by atoms with van der Waals surface area (Å²) in [6, 6.07) is 13.8. The number of hydrogen-bond acceptors (Lipinski definition) is 4. The fourth-order valence-corrected chi connectivity index (χ4v) is 3.05. The molecule has 0 spiro atoms. The molecule has 4 rings (SSSR count). The number of carbonyl (C=O) groups is 2. The van der Waals surface area contributed by atoms with Crippen LogP contribution in [0.4, 0.5) is 0 Å². The molecule has 122 valence electrons. The number of benzene rings is 2. The molecule has 1 fully saturated rings. The number of ether oxygens (including phenoxy) is 2. The van der Waals surface area contributed by atoms with Gasteiger partial charge >= 0.3 is 0 Å². The van der Waals surface area contributed by atoms with Gasteiger partial charge < -0.3 is 19.7 Å².